The van der Waals surface area contributed by atoms with Crippen LogP contribution in [0.25, 0.3) is 0 Å². The first-order valence-electron chi connectivity index (χ1n) is 4.27. The Bertz CT molecular complexity index is 376. The minimum atomic E-state index is 0.451. The molecule has 1 atom stereocenters. The van der Waals surface area contributed by atoms with Crippen molar-refractivity contribution in [2.45, 2.75) is 6.92 Å². The summed E-state index contributed by atoms with van der Waals surface area (Å²) in [6.45, 7) is 1.79. The van der Waals surface area contributed by atoms with Crippen LogP contribution in [0.15, 0.2) is 6.07 Å². The summed E-state index contributed by atoms with van der Waals surface area (Å²) in [5.41, 5.74) is 1.25. The molecule has 0 aliphatic carbocycles. The van der Waals surface area contributed by atoms with Gasteiger partial charge in [-0.3, -0.25) is 4.79 Å². The molecular formula is C10H13O4P. The van der Waals surface area contributed by atoms with Crippen molar-refractivity contribution in [2.75, 3.05) is 14.2 Å². The van der Waals surface area contributed by atoms with Crippen molar-refractivity contribution >= 4 is 15.8 Å². The minimum absolute atomic E-state index is 0.451. The van der Waals surface area contributed by atoms with Crippen LogP contribution in [0.4, 0.5) is 0 Å². The molecule has 0 aliphatic rings. The maximum absolute atomic E-state index is 10.8. The van der Waals surface area contributed by atoms with Gasteiger partial charge in [0.2, 0.25) is 5.75 Å². The lowest BCUT2D eigenvalue weighted by Gasteiger charge is -2.15. The molecule has 0 bridgehead atoms. The average Bonchev–Trinajstić information content (AvgIpc) is 2.28. The molecule has 0 aliphatic heterocycles. The highest BCUT2D eigenvalue weighted by atomic mass is 31.0. The molecule has 1 aromatic rings. The maximum atomic E-state index is 10.8. The largest absolute Gasteiger partial charge is 0.492 e. The van der Waals surface area contributed by atoms with Gasteiger partial charge in [-0.1, -0.05) is 0 Å². The lowest BCUT2D eigenvalue weighted by Crippen LogP contribution is -1.98. The molecular weight excluding hydrogens is 215 g/mol. The van der Waals surface area contributed by atoms with Gasteiger partial charge in [0, 0.05) is 11.1 Å². The summed E-state index contributed by atoms with van der Waals surface area (Å²) in [4.78, 5) is 10.8. The zero-order chi connectivity index (χ0) is 11.4. The molecule has 15 heavy (non-hydrogen) atoms. The first-order valence-corrected chi connectivity index (χ1v) is 4.74. The molecule has 0 aromatic heterocycles. The van der Waals surface area contributed by atoms with Gasteiger partial charge in [-0.15, -0.1) is 0 Å². The third-order valence-electron chi connectivity index (χ3n) is 2.15. The molecule has 0 N–H and O–H groups in total. The number of hydrogen-bond donors (Lipinski definition) is 0. The third kappa shape index (κ3) is 2.05. The van der Waals surface area contributed by atoms with Crippen LogP contribution in [0.2, 0.25) is 0 Å². The SMILES string of the molecule is COc1c(OP)cc(C=O)c(C)c1OC. The number of methoxy groups -OCH3 is 2. The second kappa shape index (κ2) is 4.99. The van der Waals surface area contributed by atoms with Gasteiger partial charge >= 0.3 is 0 Å². The smallest absolute Gasteiger partial charge is 0.203 e. The van der Waals surface area contributed by atoms with Crippen molar-refractivity contribution in [1.82, 2.24) is 0 Å². The van der Waals surface area contributed by atoms with E-state index in [4.69, 9.17) is 14.0 Å². The van der Waals surface area contributed by atoms with E-state index < -0.39 is 0 Å². The van der Waals surface area contributed by atoms with E-state index in [0.29, 0.717) is 22.8 Å². The molecule has 0 heterocycles. The lowest BCUT2D eigenvalue weighted by molar-refractivity contribution is 0.112. The number of aldehydes is 1. The Labute approximate surface area is 90.8 Å². The zero-order valence-corrected chi connectivity index (χ0v) is 10.0. The Morgan fingerprint density at radius 2 is 1.87 bits per heavy atom. The van der Waals surface area contributed by atoms with Crippen LogP contribution in [0.3, 0.4) is 0 Å². The van der Waals surface area contributed by atoms with Crippen molar-refractivity contribution in [1.29, 1.82) is 0 Å². The van der Waals surface area contributed by atoms with E-state index in [1.54, 1.807) is 13.0 Å². The highest BCUT2D eigenvalue weighted by Gasteiger charge is 2.17. The monoisotopic (exact) mass is 228 g/mol. The van der Waals surface area contributed by atoms with Crippen LogP contribution in [0.1, 0.15) is 15.9 Å². The van der Waals surface area contributed by atoms with Crippen molar-refractivity contribution in [2.24, 2.45) is 0 Å². The molecule has 5 heteroatoms. The summed E-state index contributed by atoms with van der Waals surface area (Å²) in [5, 5.41) is 0. The van der Waals surface area contributed by atoms with E-state index in [2.05, 4.69) is 9.47 Å². The molecule has 0 saturated carbocycles. The Kier molecular flexibility index (Phi) is 3.92. The van der Waals surface area contributed by atoms with Crippen molar-refractivity contribution in [3.63, 3.8) is 0 Å². The van der Waals surface area contributed by atoms with Crippen LogP contribution in [-0.4, -0.2) is 20.5 Å². The fourth-order valence-electron chi connectivity index (χ4n) is 1.38. The van der Waals surface area contributed by atoms with E-state index in [1.165, 1.54) is 14.2 Å². The van der Waals surface area contributed by atoms with Gasteiger partial charge in [0.15, 0.2) is 17.8 Å². The van der Waals surface area contributed by atoms with Gasteiger partial charge in [-0.25, -0.2) is 0 Å². The summed E-state index contributed by atoms with van der Waals surface area (Å²) in [5.74, 6) is 1.45. The van der Waals surface area contributed by atoms with Crippen molar-refractivity contribution in [3.8, 4) is 17.2 Å². The zero-order valence-electron chi connectivity index (χ0n) is 8.87. The number of carbonyl (C=O) groups is 1. The summed E-state index contributed by atoms with van der Waals surface area (Å²) in [6, 6.07) is 1.61. The normalized spacial score (nSPS) is 9.60. The number of benzene rings is 1. The van der Waals surface area contributed by atoms with Crippen LogP contribution >= 0.6 is 9.47 Å². The van der Waals surface area contributed by atoms with E-state index in [-0.39, 0.29) is 0 Å². The van der Waals surface area contributed by atoms with Crippen LogP contribution in [0.5, 0.6) is 17.2 Å². The molecule has 82 valence electrons. The van der Waals surface area contributed by atoms with E-state index >= 15 is 0 Å². The van der Waals surface area contributed by atoms with Crippen molar-refractivity contribution in [3.05, 3.63) is 17.2 Å². The fraction of sp³-hybridized carbons (Fsp3) is 0.300. The Balaban J connectivity index is 3.49. The van der Waals surface area contributed by atoms with E-state index in [9.17, 15) is 4.79 Å². The maximum Gasteiger partial charge on any atom is 0.203 e. The van der Waals surface area contributed by atoms with Gasteiger partial charge in [-0.05, 0) is 13.0 Å². The quantitative estimate of drug-likeness (QED) is 0.584. The van der Waals surface area contributed by atoms with Gasteiger partial charge in [0.1, 0.15) is 0 Å². The van der Waals surface area contributed by atoms with Gasteiger partial charge in [0.25, 0.3) is 0 Å². The average molecular weight is 228 g/mol. The second-order valence-electron chi connectivity index (χ2n) is 2.89. The summed E-state index contributed by atoms with van der Waals surface area (Å²) >= 11 is 0. The third-order valence-corrected chi connectivity index (χ3v) is 2.41. The molecule has 0 spiro atoms. The number of hydrogen-bond acceptors (Lipinski definition) is 4. The van der Waals surface area contributed by atoms with Gasteiger partial charge in [-0.2, -0.15) is 0 Å². The summed E-state index contributed by atoms with van der Waals surface area (Å²) in [7, 11) is 5.15. The van der Waals surface area contributed by atoms with Gasteiger partial charge in [0.05, 0.1) is 23.7 Å². The van der Waals surface area contributed by atoms with Crippen LogP contribution in [0, 0.1) is 6.92 Å². The number of rotatable bonds is 4. The first-order chi connectivity index (χ1) is 7.19. The predicted molar refractivity (Wildman–Crippen MR) is 60.0 cm³/mol. The topological polar surface area (TPSA) is 44.8 Å². The summed E-state index contributed by atoms with van der Waals surface area (Å²) in [6.07, 6.45) is 0.754. The number of carbonyl (C=O) groups excluding carboxylic acids is 1. The van der Waals surface area contributed by atoms with Gasteiger partial charge < -0.3 is 14.0 Å². The Morgan fingerprint density at radius 1 is 1.27 bits per heavy atom. The molecule has 0 amide bonds. The Hall–Kier alpha value is -1.28. The van der Waals surface area contributed by atoms with E-state index in [1.807, 2.05) is 0 Å². The molecule has 4 nitrogen and oxygen atoms in total. The predicted octanol–water partition coefficient (Wildman–Crippen LogP) is 1.99. The van der Waals surface area contributed by atoms with Crippen LogP contribution < -0.4 is 14.0 Å². The highest BCUT2D eigenvalue weighted by molar-refractivity contribution is 7.10. The molecule has 1 aromatic carbocycles. The Morgan fingerprint density at radius 3 is 2.27 bits per heavy atom. The highest BCUT2D eigenvalue weighted by Crippen LogP contribution is 2.41. The first kappa shape index (κ1) is 11.8. The molecule has 0 saturated heterocycles. The minimum Gasteiger partial charge on any atom is -0.492 e. The number of ether oxygens (including phenoxy) is 2. The van der Waals surface area contributed by atoms with E-state index in [0.717, 1.165) is 11.8 Å². The molecule has 1 unspecified atom stereocenters. The lowest BCUT2D eigenvalue weighted by atomic mass is 10.1. The second-order valence-corrected chi connectivity index (χ2v) is 3.13. The fourth-order valence-corrected chi connectivity index (χ4v) is 1.55. The van der Waals surface area contributed by atoms with Crippen LogP contribution in [-0.2, 0) is 0 Å². The molecule has 0 radical (unpaired) electrons. The van der Waals surface area contributed by atoms with Crippen molar-refractivity contribution < 1.29 is 18.8 Å². The summed E-state index contributed by atoms with van der Waals surface area (Å²) < 4.78 is 15.4. The standard InChI is InChI=1S/C10H13O4P/c1-6-7(5-11)4-8(14-15)10(13-3)9(6)12-2/h4-5H,15H2,1-3H3. The molecule has 1 rings (SSSR count). The molecule has 0 fully saturated rings.